The van der Waals surface area contributed by atoms with Crippen LogP contribution in [0.15, 0.2) is 24.5 Å². The van der Waals surface area contributed by atoms with Crippen LogP contribution in [0.25, 0.3) is 0 Å². The Morgan fingerprint density at radius 3 is 2.52 bits per heavy atom. The number of aliphatic hydroxyl groups excluding tert-OH is 1. The van der Waals surface area contributed by atoms with Crippen LogP contribution >= 0.6 is 36.4 Å². The van der Waals surface area contributed by atoms with E-state index in [1.807, 2.05) is 4.90 Å². The van der Waals surface area contributed by atoms with Crippen molar-refractivity contribution in [3.8, 4) is 0 Å². The molecule has 1 saturated heterocycles. The van der Waals surface area contributed by atoms with Crippen LogP contribution in [-0.2, 0) is 9.53 Å². The number of rotatable bonds is 7. The quantitative estimate of drug-likeness (QED) is 0.468. The molecule has 2 N–H and O–H groups in total. The summed E-state index contributed by atoms with van der Waals surface area (Å²) in [6.45, 7) is 4.88. The average Bonchev–Trinajstić information content (AvgIpc) is 3.24. The van der Waals surface area contributed by atoms with E-state index in [4.69, 9.17) is 16.3 Å². The fraction of sp³-hybridized carbons (Fsp3) is 0.607. The minimum absolute atomic E-state index is 0. The second kappa shape index (κ2) is 14.4. The number of nitrogens with one attached hydrogen (secondary N) is 1. The second-order valence-electron chi connectivity index (χ2n) is 10.8. The SMILES string of the molecule is COC1CCC(NCC(C(=O)N2CCN(c3ncnc4c3[C@H](C)C[C@H]4O)CC2)c2ccc(Cl)c(F)c2)CC1.Cl.Cl. The maximum atomic E-state index is 14.4. The van der Waals surface area contributed by atoms with E-state index < -0.39 is 17.8 Å². The number of aromatic nitrogens is 2. The van der Waals surface area contributed by atoms with Crippen LogP contribution in [0.2, 0.25) is 5.02 Å². The van der Waals surface area contributed by atoms with Gasteiger partial charge in [-0.25, -0.2) is 14.4 Å². The van der Waals surface area contributed by atoms with E-state index in [0.29, 0.717) is 56.9 Å². The smallest absolute Gasteiger partial charge is 0.231 e. The molecule has 0 spiro atoms. The number of halogens is 4. The van der Waals surface area contributed by atoms with Crippen molar-refractivity contribution in [1.29, 1.82) is 0 Å². The molecule has 1 unspecified atom stereocenters. The van der Waals surface area contributed by atoms with E-state index in [0.717, 1.165) is 42.8 Å². The molecule has 0 bridgehead atoms. The van der Waals surface area contributed by atoms with Crippen molar-refractivity contribution >= 4 is 48.1 Å². The molecule has 2 fully saturated rings. The van der Waals surface area contributed by atoms with Crippen LogP contribution in [0.3, 0.4) is 0 Å². The maximum absolute atomic E-state index is 14.4. The van der Waals surface area contributed by atoms with Crippen LogP contribution in [0.5, 0.6) is 0 Å². The lowest BCUT2D eigenvalue weighted by molar-refractivity contribution is -0.133. The Bertz CT molecular complexity index is 1150. The Morgan fingerprint density at radius 1 is 1.18 bits per heavy atom. The number of anilines is 1. The maximum Gasteiger partial charge on any atom is 0.231 e. The fourth-order valence-electron chi connectivity index (χ4n) is 6.18. The molecule has 1 aromatic heterocycles. The lowest BCUT2D eigenvalue weighted by atomic mass is 9.91. The Kier molecular flexibility index (Phi) is 11.8. The van der Waals surface area contributed by atoms with Crippen molar-refractivity contribution < 1.29 is 19.0 Å². The minimum Gasteiger partial charge on any atom is -0.387 e. The third kappa shape index (κ3) is 6.99. The molecule has 12 heteroatoms. The first-order valence-corrected chi connectivity index (χ1v) is 14.0. The van der Waals surface area contributed by atoms with Crippen molar-refractivity contribution in [2.24, 2.45) is 0 Å². The molecule has 5 rings (SSSR count). The van der Waals surface area contributed by atoms with E-state index >= 15 is 0 Å². The largest absolute Gasteiger partial charge is 0.387 e. The number of ether oxygens (including phenoxy) is 1. The minimum atomic E-state index is -0.554. The molecule has 1 aliphatic heterocycles. The predicted molar refractivity (Wildman–Crippen MR) is 159 cm³/mol. The summed E-state index contributed by atoms with van der Waals surface area (Å²) >= 11 is 5.94. The van der Waals surface area contributed by atoms with Gasteiger partial charge in [-0.15, -0.1) is 24.8 Å². The number of carbonyl (C=O) groups is 1. The molecule has 3 aliphatic rings. The first-order chi connectivity index (χ1) is 18.4. The Hall–Kier alpha value is -1.75. The summed E-state index contributed by atoms with van der Waals surface area (Å²) in [5.74, 6) is 0.00951. The van der Waals surface area contributed by atoms with Gasteiger partial charge in [0.1, 0.15) is 18.0 Å². The van der Waals surface area contributed by atoms with Crippen molar-refractivity contribution in [2.45, 2.75) is 69.1 Å². The van der Waals surface area contributed by atoms with Gasteiger partial charge in [0.25, 0.3) is 0 Å². The average molecular weight is 619 g/mol. The summed E-state index contributed by atoms with van der Waals surface area (Å²) in [5.41, 5.74) is 2.37. The highest BCUT2D eigenvalue weighted by Crippen LogP contribution is 2.42. The van der Waals surface area contributed by atoms with Crippen molar-refractivity contribution in [3.05, 3.63) is 52.2 Å². The topological polar surface area (TPSA) is 90.8 Å². The first kappa shape index (κ1) is 32.8. The number of hydrogen-bond acceptors (Lipinski definition) is 7. The third-order valence-electron chi connectivity index (χ3n) is 8.43. The van der Waals surface area contributed by atoms with Gasteiger partial charge < -0.3 is 25.0 Å². The van der Waals surface area contributed by atoms with Crippen LogP contribution in [-0.4, -0.2) is 77.9 Å². The second-order valence-corrected chi connectivity index (χ2v) is 11.2. The molecule has 2 aliphatic carbocycles. The molecule has 1 amide bonds. The van der Waals surface area contributed by atoms with Gasteiger partial charge in [0, 0.05) is 51.4 Å². The first-order valence-electron chi connectivity index (χ1n) is 13.6. The highest BCUT2D eigenvalue weighted by Gasteiger charge is 2.35. The Balaban J connectivity index is 0.00000220. The van der Waals surface area contributed by atoms with Gasteiger partial charge in [-0.2, -0.15) is 0 Å². The van der Waals surface area contributed by atoms with Gasteiger partial charge in [-0.3, -0.25) is 4.79 Å². The number of fused-ring (bicyclic) bond motifs is 1. The molecule has 0 radical (unpaired) electrons. The van der Waals surface area contributed by atoms with Gasteiger partial charge in [-0.05, 0) is 55.7 Å². The summed E-state index contributed by atoms with van der Waals surface area (Å²) < 4.78 is 19.9. The highest BCUT2D eigenvalue weighted by atomic mass is 35.5. The van der Waals surface area contributed by atoms with E-state index in [1.165, 1.54) is 18.5 Å². The summed E-state index contributed by atoms with van der Waals surface area (Å²) in [6, 6.07) is 4.98. The zero-order chi connectivity index (χ0) is 26.8. The number of aliphatic hydroxyl groups is 1. The number of carbonyl (C=O) groups excluding carboxylic acids is 1. The highest BCUT2D eigenvalue weighted by molar-refractivity contribution is 6.30. The van der Waals surface area contributed by atoms with E-state index in [1.54, 1.807) is 13.2 Å². The van der Waals surface area contributed by atoms with Gasteiger partial charge in [-0.1, -0.05) is 24.6 Å². The summed E-state index contributed by atoms with van der Waals surface area (Å²) in [7, 11) is 1.75. The Morgan fingerprint density at radius 2 is 1.88 bits per heavy atom. The van der Waals surface area contributed by atoms with E-state index in [2.05, 4.69) is 27.1 Å². The molecule has 40 heavy (non-hydrogen) atoms. The van der Waals surface area contributed by atoms with Crippen molar-refractivity contribution in [1.82, 2.24) is 20.2 Å². The molecule has 1 aromatic carbocycles. The predicted octanol–water partition coefficient (Wildman–Crippen LogP) is 4.63. The van der Waals surface area contributed by atoms with Gasteiger partial charge in [0.05, 0.1) is 28.8 Å². The van der Waals surface area contributed by atoms with Crippen LogP contribution < -0.4 is 10.2 Å². The van der Waals surface area contributed by atoms with Crippen molar-refractivity contribution in [3.63, 3.8) is 0 Å². The summed E-state index contributed by atoms with van der Waals surface area (Å²) in [5, 5.41) is 14.0. The van der Waals surface area contributed by atoms with Crippen LogP contribution in [0, 0.1) is 5.82 Å². The molecule has 2 aromatic rings. The summed E-state index contributed by atoms with van der Waals surface area (Å²) in [6.07, 6.45) is 5.88. The van der Waals surface area contributed by atoms with E-state index in [-0.39, 0.29) is 41.7 Å². The summed E-state index contributed by atoms with van der Waals surface area (Å²) in [4.78, 5) is 26.7. The Labute approximate surface area is 252 Å². The normalized spacial score (nSPS) is 25.0. The number of benzene rings is 1. The number of hydrogen-bond donors (Lipinski definition) is 2. The van der Waals surface area contributed by atoms with Crippen LogP contribution in [0.4, 0.5) is 10.2 Å². The number of methoxy groups -OCH3 is 1. The molecule has 2 heterocycles. The molecule has 222 valence electrons. The third-order valence-corrected chi connectivity index (χ3v) is 8.74. The van der Waals surface area contributed by atoms with E-state index in [9.17, 15) is 14.3 Å². The number of piperazine rings is 1. The lowest BCUT2D eigenvalue weighted by Crippen LogP contribution is -2.51. The molecule has 1 saturated carbocycles. The van der Waals surface area contributed by atoms with Gasteiger partial charge in [0.2, 0.25) is 5.91 Å². The van der Waals surface area contributed by atoms with Gasteiger partial charge >= 0.3 is 0 Å². The van der Waals surface area contributed by atoms with Crippen LogP contribution in [0.1, 0.15) is 73.8 Å². The fourth-order valence-corrected chi connectivity index (χ4v) is 6.29. The molecule has 3 atom stereocenters. The van der Waals surface area contributed by atoms with Gasteiger partial charge in [0.15, 0.2) is 0 Å². The zero-order valence-electron chi connectivity index (χ0n) is 22.9. The molecular formula is C28H39Cl3FN5O3. The van der Waals surface area contributed by atoms with Crippen molar-refractivity contribution in [2.75, 3.05) is 44.7 Å². The molecule has 8 nitrogen and oxygen atoms in total. The molecular weight excluding hydrogens is 580 g/mol. The zero-order valence-corrected chi connectivity index (χ0v) is 25.3. The number of nitrogens with zero attached hydrogens (tertiary/aromatic N) is 4. The monoisotopic (exact) mass is 617 g/mol. The number of amides is 1. The lowest BCUT2D eigenvalue weighted by Gasteiger charge is -2.38. The standard InChI is InChI=1S/C28H37ClFN5O3.2ClH/c1-17-13-24(36)26-25(17)27(33-16-32-26)34-9-11-35(12-10-34)28(37)21(18-3-8-22(29)23(30)14-18)15-31-19-4-6-20(38-2)7-5-19;;/h3,8,14,16-17,19-21,24,31,36H,4-7,9-13,15H2,1-2H3;2*1H/t17-,19?,20?,21?,24-;;/m1../s1.